The van der Waals surface area contributed by atoms with Crippen LogP contribution in [0.3, 0.4) is 0 Å². The van der Waals surface area contributed by atoms with Crippen molar-refractivity contribution in [2.75, 3.05) is 10.6 Å². The molecule has 0 fully saturated rings. The maximum absolute atomic E-state index is 12.3. The number of hydrogen-bond acceptors (Lipinski definition) is 4. The Morgan fingerprint density at radius 2 is 1.79 bits per heavy atom. The highest BCUT2D eigenvalue weighted by Crippen LogP contribution is 2.29. The topological polar surface area (TPSA) is 76.3 Å². The maximum Gasteiger partial charge on any atom is 0.266 e. The molecule has 2 amide bonds. The standard InChI is InChI=1S/C14H11N3O2/c1-8-4-10(7-16-6-8)17-13(18)11-3-2-9(15)5-12(11)14(17)19/h2-7H,15H2,1H3. The van der Waals surface area contributed by atoms with E-state index >= 15 is 0 Å². The number of pyridine rings is 1. The van der Waals surface area contributed by atoms with Gasteiger partial charge in [0, 0.05) is 11.9 Å². The van der Waals surface area contributed by atoms with Crippen molar-refractivity contribution in [1.82, 2.24) is 4.98 Å². The van der Waals surface area contributed by atoms with Crippen molar-refractivity contribution >= 4 is 23.2 Å². The van der Waals surface area contributed by atoms with E-state index < -0.39 is 0 Å². The number of carbonyl (C=O) groups is 2. The zero-order valence-corrected chi connectivity index (χ0v) is 10.3. The number of benzene rings is 1. The van der Waals surface area contributed by atoms with Crippen molar-refractivity contribution < 1.29 is 9.59 Å². The first-order valence-corrected chi connectivity index (χ1v) is 5.78. The van der Waals surface area contributed by atoms with Gasteiger partial charge < -0.3 is 5.73 Å². The minimum atomic E-state index is -0.361. The molecule has 3 rings (SSSR count). The van der Waals surface area contributed by atoms with Gasteiger partial charge in [0.1, 0.15) is 0 Å². The fraction of sp³-hybridized carbons (Fsp3) is 0.0714. The number of imide groups is 1. The largest absolute Gasteiger partial charge is 0.399 e. The van der Waals surface area contributed by atoms with Gasteiger partial charge in [0.2, 0.25) is 0 Å². The molecule has 2 heterocycles. The van der Waals surface area contributed by atoms with E-state index in [1.807, 2.05) is 6.92 Å². The second kappa shape index (κ2) is 3.91. The molecule has 0 unspecified atom stereocenters. The van der Waals surface area contributed by atoms with Gasteiger partial charge in [0.15, 0.2) is 0 Å². The van der Waals surface area contributed by atoms with Crippen LogP contribution in [0.1, 0.15) is 26.3 Å². The smallest absolute Gasteiger partial charge is 0.266 e. The first-order chi connectivity index (χ1) is 9.08. The van der Waals surface area contributed by atoms with Crippen LogP contribution >= 0.6 is 0 Å². The fourth-order valence-corrected chi connectivity index (χ4v) is 2.15. The van der Waals surface area contributed by atoms with Crippen molar-refractivity contribution in [3.8, 4) is 0 Å². The molecule has 0 saturated carbocycles. The van der Waals surface area contributed by atoms with E-state index in [1.54, 1.807) is 24.4 Å². The highest BCUT2D eigenvalue weighted by atomic mass is 16.2. The number of amides is 2. The number of nitrogens with zero attached hydrogens (tertiary/aromatic N) is 2. The summed E-state index contributed by atoms with van der Waals surface area (Å²) < 4.78 is 0. The Morgan fingerprint density at radius 3 is 2.53 bits per heavy atom. The van der Waals surface area contributed by atoms with Gasteiger partial charge in [0.05, 0.1) is 23.0 Å². The van der Waals surface area contributed by atoms with Crippen molar-refractivity contribution in [2.45, 2.75) is 6.92 Å². The molecule has 2 aromatic rings. The summed E-state index contributed by atoms with van der Waals surface area (Å²) in [6.07, 6.45) is 3.16. The lowest BCUT2D eigenvalue weighted by atomic mass is 10.1. The molecule has 2 N–H and O–H groups in total. The van der Waals surface area contributed by atoms with E-state index in [0.29, 0.717) is 22.5 Å². The first-order valence-electron chi connectivity index (χ1n) is 5.78. The van der Waals surface area contributed by atoms with Crippen LogP contribution < -0.4 is 10.6 Å². The molecule has 1 aliphatic rings. The Balaban J connectivity index is 2.13. The second-order valence-corrected chi connectivity index (χ2v) is 4.47. The summed E-state index contributed by atoms with van der Waals surface area (Å²) in [5.74, 6) is -0.702. The SMILES string of the molecule is Cc1cncc(N2C(=O)c3ccc(N)cc3C2=O)c1. The average molecular weight is 253 g/mol. The molecule has 5 nitrogen and oxygen atoms in total. The molecule has 1 aromatic heterocycles. The first kappa shape index (κ1) is 11.4. The van der Waals surface area contributed by atoms with Gasteiger partial charge in [-0.1, -0.05) is 0 Å². The van der Waals surface area contributed by atoms with Crippen molar-refractivity contribution in [3.05, 3.63) is 53.3 Å². The summed E-state index contributed by atoms with van der Waals surface area (Å²) in [5, 5.41) is 0. The molecule has 19 heavy (non-hydrogen) atoms. The molecule has 0 atom stereocenters. The minimum absolute atomic E-state index is 0.339. The van der Waals surface area contributed by atoms with E-state index in [0.717, 1.165) is 10.5 Å². The third kappa shape index (κ3) is 1.67. The van der Waals surface area contributed by atoms with Crippen LogP contribution in [-0.2, 0) is 0 Å². The number of carbonyl (C=O) groups excluding carboxylic acids is 2. The molecule has 0 bridgehead atoms. The molecular weight excluding hydrogens is 242 g/mol. The molecule has 1 aliphatic heterocycles. The lowest BCUT2D eigenvalue weighted by molar-refractivity contribution is 0.0926. The molecule has 5 heteroatoms. The number of aryl methyl sites for hydroxylation is 1. The third-order valence-corrected chi connectivity index (χ3v) is 3.03. The quantitative estimate of drug-likeness (QED) is 0.620. The highest BCUT2D eigenvalue weighted by Gasteiger charge is 2.36. The number of aromatic nitrogens is 1. The summed E-state index contributed by atoms with van der Waals surface area (Å²) in [7, 11) is 0. The van der Waals surface area contributed by atoms with E-state index in [4.69, 9.17) is 5.73 Å². The Hall–Kier alpha value is -2.69. The Bertz CT molecular complexity index is 710. The second-order valence-electron chi connectivity index (χ2n) is 4.47. The average Bonchev–Trinajstić information content (AvgIpc) is 2.61. The summed E-state index contributed by atoms with van der Waals surface area (Å²) in [6, 6.07) is 6.47. The third-order valence-electron chi connectivity index (χ3n) is 3.03. The molecule has 0 saturated heterocycles. The predicted molar refractivity (Wildman–Crippen MR) is 71.0 cm³/mol. The Morgan fingerprint density at radius 1 is 1.05 bits per heavy atom. The number of rotatable bonds is 1. The van der Waals surface area contributed by atoms with Crippen molar-refractivity contribution in [3.63, 3.8) is 0 Å². The van der Waals surface area contributed by atoms with Crippen molar-refractivity contribution in [1.29, 1.82) is 0 Å². The van der Waals surface area contributed by atoms with Crippen LogP contribution in [0.15, 0.2) is 36.7 Å². The summed E-state index contributed by atoms with van der Waals surface area (Å²) in [4.78, 5) is 29.7. The van der Waals surface area contributed by atoms with Gasteiger partial charge >= 0.3 is 0 Å². The van der Waals surface area contributed by atoms with Gasteiger partial charge in [-0.3, -0.25) is 14.6 Å². The molecule has 94 valence electrons. The number of nitrogen functional groups attached to an aromatic ring is 1. The molecule has 0 spiro atoms. The predicted octanol–water partition coefficient (Wildman–Crippen LogP) is 1.77. The van der Waals surface area contributed by atoms with Crippen LogP contribution in [0.5, 0.6) is 0 Å². The van der Waals surface area contributed by atoms with Gasteiger partial charge in [-0.05, 0) is 36.8 Å². The fourth-order valence-electron chi connectivity index (χ4n) is 2.15. The van der Waals surface area contributed by atoms with Gasteiger partial charge in [-0.2, -0.15) is 0 Å². The maximum atomic E-state index is 12.3. The number of nitrogens with two attached hydrogens (primary N) is 1. The highest BCUT2D eigenvalue weighted by molar-refractivity contribution is 6.34. The van der Waals surface area contributed by atoms with E-state index in [2.05, 4.69) is 4.98 Å². The van der Waals surface area contributed by atoms with Crippen LogP contribution in [0.25, 0.3) is 0 Å². The summed E-state index contributed by atoms with van der Waals surface area (Å²) >= 11 is 0. The lowest BCUT2D eigenvalue weighted by Crippen LogP contribution is -2.29. The van der Waals surface area contributed by atoms with Crippen LogP contribution in [-0.4, -0.2) is 16.8 Å². The zero-order chi connectivity index (χ0) is 13.6. The van der Waals surface area contributed by atoms with Crippen LogP contribution in [0.2, 0.25) is 0 Å². The summed E-state index contributed by atoms with van der Waals surface area (Å²) in [5.41, 5.74) is 8.19. The zero-order valence-electron chi connectivity index (χ0n) is 10.3. The number of fused-ring (bicyclic) bond motifs is 1. The van der Waals surface area contributed by atoms with Crippen molar-refractivity contribution in [2.24, 2.45) is 0 Å². The van der Waals surface area contributed by atoms with E-state index in [9.17, 15) is 9.59 Å². The van der Waals surface area contributed by atoms with Gasteiger partial charge in [0.25, 0.3) is 11.8 Å². The summed E-state index contributed by atoms with van der Waals surface area (Å²) in [6.45, 7) is 1.85. The molecule has 0 radical (unpaired) electrons. The molecule has 1 aromatic carbocycles. The van der Waals surface area contributed by atoms with E-state index in [-0.39, 0.29) is 11.8 Å². The molecular formula is C14H11N3O2. The van der Waals surface area contributed by atoms with E-state index in [1.165, 1.54) is 12.3 Å². The van der Waals surface area contributed by atoms with Gasteiger partial charge in [-0.25, -0.2) is 4.90 Å². The number of hydrogen-bond donors (Lipinski definition) is 1. The number of anilines is 2. The lowest BCUT2D eigenvalue weighted by Gasteiger charge is -2.13. The van der Waals surface area contributed by atoms with Crippen LogP contribution in [0.4, 0.5) is 11.4 Å². The minimum Gasteiger partial charge on any atom is -0.399 e. The Kier molecular flexibility index (Phi) is 2.35. The Labute approximate surface area is 109 Å². The van der Waals surface area contributed by atoms with Crippen LogP contribution in [0, 0.1) is 6.92 Å². The molecule has 0 aliphatic carbocycles. The normalized spacial score (nSPS) is 13.8. The van der Waals surface area contributed by atoms with Gasteiger partial charge in [-0.15, -0.1) is 0 Å². The monoisotopic (exact) mass is 253 g/mol.